The molecule has 2 saturated heterocycles. The number of hydrogen-bond acceptors (Lipinski definition) is 5. The van der Waals surface area contributed by atoms with Gasteiger partial charge in [-0.2, -0.15) is 0 Å². The Kier molecular flexibility index (Phi) is 6.66. The molecule has 3 aliphatic rings. The summed E-state index contributed by atoms with van der Waals surface area (Å²) >= 11 is 0. The molecule has 2 aromatic rings. The first-order valence-electron chi connectivity index (χ1n) is 13.0. The number of rotatable bonds is 7. The molecule has 37 heavy (non-hydrogen) atoms. The number of carbonyl (C=O) groups excluding carboxylic acids is 2. The Balaban J connectivity index is 1.52. The summed E-state index contributed by atoms with van der Waals surface area (Å²) < 4.78 is 27.7. The standard InChI is InChI=1S/C28H35FN2O5Si/c1-18-26(37(3,4)29)24(13-15-32)36-28(18)22-16-21(35-2)11-12-23(22)31(27(28)34)17-19-7-9-20(10-8-19)30-14-5-6-25(30)33/h7-12,16,18,24,26,32H,5-6,13-15,17H2,1-4H3/t18-,24+,26-,28+/m1/s1. The number of benzene rings is 2. The van der Waals surface area contributed by atoms with Gasteiger partial charge in [-0.05, 0) is 61.8 Å². The van der Waals surface area contributed by atoms with Gasteiger partial charge in [0.05, 0.1) is 25.4 Å². The zero-order valence-corrected chi connectivity index (χ0v) is 22.9. The lowest BCUT2D eigenvalue weighted by Gasteiger charge is -2.31. The molecule has 3 heterocycles. The molecule has 1 spiro atoms. The van der Waals surface area contributed by atoms with Gasteiger partial charge in [-0.25, -0.2) is 0 Å². The van der Waals surface area contributed by atoms with Crippen LogP contribution in [0.4, 0.5) is 15.5 Å². The highest BCUT2D eigenvalue weighted by molar-refractivity contribution is 6.72. The number of nitrogens with zero attached hydrogens (tertiary/aromatic N) is 2. The summed E-state index contributed by atoms with van der Waals surface area (Å²) in [5.41, 5.74) is 1.40. The molecule has 0 aliphatic carbocycles. The van der Waals surface area contributed by atoms with Crippen LogP contribution in [0.15, 0.2) is 42.5 Å². The number of halogens is 1. The Morgan fingerprint density at radius 3 is 2.51 bits per heavy atom. The maximum Gasteiger partial charge on any atom is 0.264 e. The molecule has 7 nitrogen and oxygen atoms in total. The Bertz CT molecular complexity index is 1200. The molecule has 2 aromatic carbocycles. The van der Waals surface area contributed by atoms with Crippen LogP contribution >= 0.6 is 0 Å². The Hall–Kier alpha value is -2.75. The lowest BCUT2D eigenvalue weighted by Crippen LogP contribution is -2.45. The molecule has 0 aromatic heterocycles. The summed E-state index contributed by atoms with van der Waals surface area (Å²) in [5, 5.41) is 9.71. The van der Waals surface area contributed by atoms with Gasteiger partial charge in [-0.1, -0.05) is 19.1 Å². The van der Waals surface area contributed by atoms with Gasteiger partial charge in [-0.15, -0.1) is 0 Å². The molecule has 0 bridgehead atoms. The zero-order chi connectivity index (χ0) is 26.5. The van der Waals surface area contributed by atoms with Crippen LogP contribution in [-0.4, -0.2) is 51.7 Å². The van der Waals surface area contributed by atoms with E-state index in [1.165, 1.54) is 0 Å². The summed E-state index contributed by atoms with van der Waals surface area (Å²) in [6.07, 6.45) is 1.16. The second-order valence-corrected chi connectivity index (χ2v) is 14.7. The number of aliphatic hydroxyl groups excluding tert-OH is 1. The highest BCUT2D eigenvalue weighted by Crippen LogP contribution is 2.60. The zero-order valence-electron chi connectivity index (χ0n) is 21.9. The lowest BCUT2D eigenvalue weighted by molar-refractivity contribution is -0.146. The molecule has 5 rings (SSSR count). The van der Waals surface area contributed by atoms with Gasteiger partial charge in [0, 0.05) is 42.3 Å². The monoisotopic (exact) mass is 526 g/mol. The predicted octanol–water partition coefficient (Wildman–Crippen LogP) is 4.53. The molecule has 0 saturated carbocycles. The van der Waals surface area contributed by atoms with Gasteiger partial charge in [0.2, 0.25) is 14.3 Å². The number of aliphatic hydroxyl groups is 1. The fourth-order valence-corrected chi connectivity index (χ4v) is 9.13. The van der Waals surface area contributed by atoms with Gasteiger partial charge in [0.15, 0.2) is 5.60 Å². The number of anilines is 2. The van der Waals surface area contributed by atoms with E-state index in [0.29, 0.717) is 24.3 Å². The SMILES string of the molecule is COc1ccc2c(c1)[C@]1(O[C@@H](CCO)[C@H]([Si](C)(C)F)[C@H]1C)C(=O)N2Cc1ccc(N2CCCC2=O)cc1. The minimum absolute atomic E-state index is 0.131. The lowest BCUT2D eigenvalue weighted by atomic mass is 9.82. The van der Waals surface area contributed by atoms with Crippen molar-refractivity contribution in [3.63, 3.8) is 0 Å². The molecule has 1 N–H and O–H groups in total. The van der Waals surface area contributed by atoms with E-state index in [1.807, 2.05) is 49.4 Å². The van der Waals surface area contributed by atoms with Crippen LogP contribution in [0, 0.1) is 5.92 Å². The Labute approximate surface area is 218 Å². The quantitative estimate of drug-likeness (QED) is 0.424. The second kappa shape index (κ2) is 9.52. The average molecular weight is 527 g/mol. The van der Waals surface area contributed by atoms with Crippen LogP contribution in [0.1, 0.15) is 37.3 Å². The number of ether oxygens (including phenoxy) is 2. The first-order valence-corrected chi connectivity index (χ1v) is 15.9. The number of carbonyl (C=O) groups is 2. The second-order valence-electron chi connectivity index (χ2n) is 10.9. The fourth-order valence-electron chi connectivity index (χ4n) is 6.59. The van der Waals surface area contributed by atoms with Crippen molar-refractivity contribution < 1.29 is 28.3 Å². The van der Waals surface area contributed by atoms with Crippen LogP contribution in [0.3, 0.4) is 0 Å². The van der Waals surface area contributed by atoms with Crippen LogP contribution in [0.25, 0.3) is 0 Å². The maximum absolute atomic E-state index is 15.6. The molecular weight excluding hydrogens is 491 g/mol. The first kappa shape index (κ1) is 25.9. The first-order chi connectivity index (χ1) is 17.6. The van der Waals surface area contributed by atoms with E-state index in [4.69, 9.17) is 9.47 Å². The van der Waals surface area contributed by atoms with E-state index in [0.717, 1.165) is 29.9 Å². The van der Waals surface area contributed by atoms with Crippen LogP contribution in [0.5, 0.6) is 5.75 Å². The molecule has 0 radical (unpaired) electrons. The maximum atomic E-state index is 15.6. The van der Waals surface area contributed by atoms with Crippen molar-refractivity contribution in [3.8, 4) is 5.75 Å². The fraction of sp³-hybridized carbons (Fsp3) is 0.500. The van der Waals surface area contributed by atoms with Gasteiger partial charge < -0.3 is 28.5 Å². The summed E-state index contributed by atoms with van der Waals surface area (Å²) in [5.74, 6) is 0.0986. The molecule has 198 valence electrons. The van der Waals surface area contributed by atoms with E-state index >= 15 is 4.11 Å². The number of fused-ring (bicyclic) bond motifs is 2. The van der Waals surface area contributed by atoms with Crippen molar-refractivity contribution in [2.24, 2.45) is 5.92 Å². The highest BCUT2D eigenvalue weighted by atomic mass is 28.4. The molecule has 3 aliphatic heterocycles. The summed E-state index contributed by atoms with van der Waals surface area (Å²) in [7, 11) is -1.67. The van der Waals surface area contributed by atoms with Crippen molar-refractivity contribution in [1.82, 2.24) is 0 Å². The minimum Gasteiger partial charge on any atom is -0.497 e. The van der Waals surface area contributed by atoms with Gasteiger partial charge >= 0.3 is 0 Å². The van der Waals surface area contributed by atoms with Crippen molar-refractivity contribution in [2.75, 3.05) is 30.1 Å². The van der Waals surface area contributed by atoms with Crippen LogP contribution < -0.4 is 14.5 Å². The summed E-state index contributed by atoms with van der Waals surface area (Å²) in [6.45, 7) is 6.11. The number of methoxy groups -OCH3 is 1. The Morgan fingerprint density at radius 2 is 1.92 bits per heavy atom. The highest BCUT2D eigenvalue weighted by Gasteiger charge is 2.66. The minimum atomic E-state index is -3.25. The van der Waals surface area contributed by atoms with Crippen molar-refractivity contribution in [2.45, 2.75) is 63.1 Å². The van der Waals surface area contributed by atoms with Crippen molar-refractivity contribution in [1.29, 1.82) is 0 Å². The Morgan fingerprint density at radius 1 is 1.19 bits per heavy atom. The largest absolute Gasteiger partial charge is 0.497 e. The third-order valence-electron chi connectivity index (χ3n) is 8.24. The van der Waals surface area contributed by atoms with Gasteiger partial charge in [0.1, 0.15) is 5.75 Å². The van der Waals surface area contributed by atoms with Crippen molar-refractivity contribution >= 4 is 31.6 Å². The van der Waals surface area contributed by atoms with E-state index in [2.05, 4.69) is 0 Å². The topological polar surface area (TPSA) is 79.3 Å². The summed E-state index contributed by atoms with van der Waals surface area (Å²) in [4.78, 5) is 29.9. The normalized spacial score (nSPS) is 27.5. The van der Waals surface area contributed by atoms with E-state index < -0.39 is 31.6 Å². The molecule has 4 atom stereocenters. The van der Waals surface area contributed by atoms with Gasteiger partial charge in [0.25, 0.3) is 5.91 Å². The van der Waals surface area contributed by atoms with E-state index in [9.17, 15) is 14.7 Å². The molecule has 9 heteroatoms. The van der Waals surface area contributed by atoms with Gasteiger partial charge in [-0.3, -0.25) is 9.59 Å². The molecule has 2 amide bonds. The van der Waals surface area contributed by atoms with E-state index in [-0.39, 0.29) is 24.8 Å². The number of amides is 2. The third kappa shape index (κ3) is 4.17. The molecule has 0 unspecified atom stereocenters. The molecular formula is C28H35FN2O5Si. The predicted molar refractivity (Wildman–Crippen MR) is 142 cm³/mol. The number of hydrogen-bond donors (Lipinski definition) is 1. The van der Waals surface area contributed by atoms with Crippen molar-refractivity contribution in [3.05, 3.63) is 53.6 Å². The smallest absolute Gasteiger partial charge is 0.264 e. The van der Waals surface area contributed by atoms with Crippen LogP contribution in [-0.2, 0) is 26.5 Å². The average Bonchev–Trinajstić information content (AvgIpc) is 3.49. The molecule has 2 fully saturated rings. The van der Waals surface area contributed by atoms with E-state index in [1.54, 1.807) is 30.0 Å². The van der Waals surface area contributed by atoms with Crippen LogP contribution in [0.2, 0.25) is 18.6 Å². The summed E-state index contributed by atoms with van der Waals surface area (Å²) in [6, 6.07) is 13.2. The third-order valence-corrected chi connectivity index (χ3v) is 10.7.